The SMILES string of the molecule is c1ccc(-c2c(-n3c4ccccc4c4ccc([Si](c5ccccc5)(c5ccccc5)c5ccccc5)cc43)ccc3c2c2ccccc2n3-c2ccccc2)cc1. The summed E-state index contributed by atoms with van der Waals surface area (Å²) in [5, 5.41) is 10.4. The van der Waals surface area contributed by atoms with Crippen molar-refractivity contribution >= 4 is 72.4 Å². The van der Waals surface area contributed by atoms with Gasteiger partial charge in [0, 0.05) is 32.8 Å². The Morgan fingerprint density at radius 3 is 1.37 bits per heavy atom. The predicted molar refractivity (Wildman–Crippen MR) is 244 cm³/mol. The summed E-state index contributed by atoms with van der Waals surface area (Å²) in [6, 6.07) is 85.2. The molecular formula is C54H38N2Si. The van der Waals surface area contributed by atoms with Crippen molar-refractivity contribution in [2.24, 2.45) is 0 Å². The van der Waals surface area contributed by atoms with Crippen molar-refractivity contribution in [3.63, 3.8) is 0 Å². The van der Waals surface area contributed by atoms with Crippen LogP contribution in [0.2, 0.25) is 0 Å². The molecule has 0 saturated heterocycles. The summed E-state index contributed by atoms with van der Waals surface area (Å²) in [7, 11) is -2.80. The van der Waals surface area contributed by atoms with E-state index in [0.717, 1.165) is 5.69 Å². The summed E-state index contributed by atoms with van der Waals surface area (Å²) in [5.41, 5.74) is 9.52. The summed E-state index contributed by atoms with van der Waals surface area (Å²) < 4.78 is 4.97. The molecule has 2 nitrogen and oxygen atoms in total. The average Bonchev–Trinajstić information content (AvgIpc) is 3.81. The van der Waals surface area contributed by atoms with Crippen LogP contribution in [0.1, 0.15) is 0 Å². The fourth-order valence-electron chi connectivity index (χ4n) is 9.52. The summed E-state index contributed by atoms with van der Waals surface area (Å²) in [4.78, 5) is 0. The topological polar surface area (TPSA) is 9.86 Å². The molecule has 0 radical (unpaired) electrons. The number of hydrogen-bond acceptors (Lipinski definition) is 0. The van der Waals surface area contributed by atoms with Gasteiger partial charge in [-0.2, -0.15) is 0 Å². The zero-order valence-corrected chi connectivity index (χ0v) is 32.3. The van der Waals surface area contributed by atoms with Crippen molar-refractivity contribution in [1.29, 1.82) is 0 Å². The van der Waals surface area contributed by atoms with Gasteiger partial charge in [-0.15, -0.1) is 0 Å². The lowest BCUT2D eigenvalue weighted by Crippen LogP contribution is -2.74. The van der Waals surface area contributed by atoms with E-state index in [-0.39, 0.29) is 0 Å². The first kappa shape index (κ1) is 33.2. The molecule has 0 unspecified atom stereocenters. The van der Waals surface area contributed by atoms with Gasteiger partial charge in [0.15, 0.2) is 8.07 Å². The smallest absolute Gasteiger partial charge is 0.179 e. The van der Waals surface area contributed by atoms with E-state index in [1.54, 1.807) is 0 Å². The molecule has 0 aliphatic carbocycles. The van der Waals surface area contributed by atoms with E-state index in [1.807, 2.05) is 0 Å². The number of rotatable bonds is 7. The molecule has 0 atom stereocenters. The van der Waals surface area contributed by atoms with Gasteiger partial charge in [-0.25, -0.2) is 0 Å². The molecule has 0 N–H and O–H groups in total. The summed E-state index contributed by atoms with van der Waals surface area (Å²) in [6.45, 7) is 0. The van der Waals surface area contributed by atoms with Crippen LogP contribution in [-0.2, 0) is 0 Å². The maximum atomic E-state index is 2.55. The number of hydrogen-bond donors (Lipinski definition) is 0. The molecule has 11 aromatic rings. The van der Waals surface area contributed by atoms with Gasteiger partial charge in [-0.1, -0.05) is 188 Å². The van der Waals surface area contributed by atoms with Gasteiger partial charge < -0.3 is 9.13 Å². The van der Waals surface area contributed by atoms with E-state index in [1.165, 1.54) is 81.2 Å². The quantitative estimate of drug-likeness (QED) is 0.114. The highest BCUT2D eigenvalue weighted by Crippen LogP contribution is 2.44. The van der Waals surface area contributed by atoms with E-state index in [9.17, 15) is 0 Å². The molecule has 0 amide bonds. The fraction of sp³-hybridized carbons (Fsp3) is 0. The van der Waals surface area contributed by atoms with Crippen molar-refractivity contribution in [3.05, 3.63) is 231 Å². The Bertz CT molecular complexity index is 3110. The maximum Gasteiger partial charge on any atom is 0.179 e. The Balaban J connectivity index is 1.29. The van der Waals surface area contributed by atoms with E-state index in [2.05, 4.69) is 240 Å². The fourth-order valence-corrected chi connectivity index (χ4v) is 14.3. The molecule has 268 valence electrons. The Morgan fingerprint density at radius 1 is 0.298 bits per heavy atom. The van der Waals surface area contributed by atoms with E-state index >= 15 is 0 Å². The lowest BCUT2D eigenvalue weighted by molar-refractivity contribution is 1.17. The second kappa shape index (κ2) is 13.5. The van der Waals surface area contributed by atoms with E-state index < -0.39 is 8.07 Å². The van der Waals surface area contributed by atoms with Gasteiger partial charge in [0.05, 0.1) is 27.8 Å². The van der Waals surface area contributed by atoms with Crippen LogP contribution >= 0.6 is 0 Å². The van der Waals surface area contributed by atoms with Crippen LogP contribution in [0.15, 0.2) is 231 Å². The number of benzene rings is 9. The minimum Gasteiger partial charge on any atom is -0.309 e. The lowest BCUT2D eigenvalue weighted by atomic mass is 9.97. The molecule has 0 aliphatic rings. The Hall–Kier alpha value is -7.20. The third-order valence-electron chi connectivity index (χ3n) is 11.9. The summed E-state index contributed by atoms with van der Waals surface area (Å²) in [6.07, 6.45) is 0. The summed E-state index contributed by atoms with van der Waals surface area (Å²) in [5.74, 6) is 0. The normalized spacial score (nSPS) is 11.9. The monoisotopic (exact) mass is 742 g/mol. The number of nitrogens with zero attached hydrogens (tertiary/aromatic N) is 2. The molecule has 0 spiro atoms. The molecule has 11 rings (SSSR count). The van der Waals surface area contributed by atoms with Crippen LogP contribution in [0.5, 0.6) is 0 Å². The molecule has 3 heteroatoms. The number of para-hydroxylation sites is 3. The first-order chi connectivity index (χ1) is 28.3. The van der Waals surface area contributed by atoms with Gasteiger partial charge in [0.1, 0.15) is 0 Å². The van der Waals surface area contributed by atoms with Crippen LogP contribution in [0.4, 0.5) is 0 Å². The zero-order chi connectivity index (χ0) is 37.8. The third-order valence-corrected chi connectivity index (χ3v) is 16.6. The third kappa shape index (κ3) is 5.10. The van der Waals surface area contributed by atoms with Crippen molar-refractivity contribution in [2.45, 2.75) is 0 Å². The van der Waals surface area contributed by atoms with Crippen molar-refractivity contribution in [1.82, 2.24) is 9.13 Å². The predicted octanol–water partition coefficient (Wildman–Crippen LogP) is 10.9. The van der Waals surface area contributed by atoms with Crippen molar-refractivity contribution < 1.29 is 0 Å². The van der Waals surface area contributed by atoms with Crippen molar-refractivity contribution in [3.8, 4) is 22.5 Å². The van der Waals surface area contributed by atoms with E-state index in [0.29, 0.717) is 0 Å². The second-order valence-electron chi connectivity index (χ2n) is 14.8. The van der Waals surface area contributed by atoms with Crippen LogP contribution in [0.3, 0.4) is 0 Å². The van der Waals surface area contributed by atoms with Gasteiger partial charge in [-0.3, -0.25) is 0 Å². The number of aromatic nitrogens is 2. The molecule has 9 aromatic carbocycles. The highest BCUT2D eigenvalue weighted by molar-refractivity contribution is 7.20. The van der Waals surface area contributed by atoms with Crippen LogP contribution in [0.25, 0.3) is 66.1 Å². The highest BCUT2D eigenvalue weighted by Gasteiger charge is 2.41. The van der Waals surface area contributed by atoms with Crippen LogP contribution in [-0.4, -0.2) is 17.2 Å². The molecule has 0 aliphatic heterocycles. The lowest BCUT2D eigenvalue weighted by Gasteiger charge is -2.34. The van der Waals surface area contributed by atoms with Gasteiger partial charge in [0.2, 0.25) is 0 Å². The molecule has 57 heavy (non-hydrogen) atoms. The maximum absolute atomic E-state index is 2.80. The van der Waals surface area contributed by atoms with Crippen LogP contribution < -0.4 is 20.7 Å². The van der Waals surface area contributed by atoms with E-state index in [4.69, 9.17) is 0 Å². The summed E-state index contributed by atoms with van der Waals surface area (Å²) >= 11 is 0. The molecule has 2 heterocycles. The Morgan fingerprint density at radius 2 is 0.772 bits per heavy atom. The highest BCUT2D eigenvalue weighted by atomic mass is 28.3. The zero-order valence-electron chi connectivity index (χ0n) is 31.3. The number of fused-ring (bicyclic) bond motifs is 6. The molecular weight excluding hydrogens is 705 g/mol. The minimum atomic E-state index is -2.80. The standard InChI is InChI=1S/C54H38N2Si/c1-6-20-39(21-7-1)53-50(36-37-51-54(53)47-31-17-19-33-49(47)55(51)40-22-8-2-9-23-40)56-48-32-18-16-30-45(48)46-35-34-44(38-52(46)56)57(41-24-10-3-11-25-41,42-26-12-4-13-27-42)43-28-14-5-15-29-43/h1-38H. The average molecular weight is 743 g/mol. The second-order valence-corrected chi connectivity index (χ2v) is 18.6. The molecule has 2 aromatic heterocycles. The molecule has 0 saturated carbocycles. The first-order valence-corrected chi connectivity index (χ1v) is 21.7. The van der Waals surface area contributed by atoms with Gasteiger partial charge >= 0.3 is 0 Å². The molecule has 0 fully saturated rings. The largest absolute Gasteiger partial charge is 0.309 e. The van der Waals surface area contributed by atoms with Crippen molar-refractivity contribution in [2.75, 3.05) is 0 Å². The first-order valence-electron chi connectivity index (χ1n) is 19.7. The Kier molecular flexibility index (Phi) is 7.87. The van der Waals surface area contributed by atoms with Crippen LogP contribution in [0, 0.1) is 0 Å². The minimum absolute atomic E-state index is 1.15. The van der Waals surface area contributed by atoms with Gasteiger partial charge in [-0.05, 0) is 68.8 Å². The Labute approximate surface area is 333 Å². The van der Waals surface area contributed by atoms with Gasteiger partial charge in [0.25, 0.3) is 0 Å². The molecule has 0 bridgehead atoms.